The van der Waals surface area contributed by atoms with Crippen molar-refractivity contribution in [3.8, 4) is 17.2 Å². The van der Waals surface area contributed by atoms with Crippen molar-refractivity contribution in [3.63, 3.8) is 0 Å². The Bertz CT molecular complexity index is 1940. The quantitative estimate of drug-likeness (QED) is 0.0728. The molecule has 0 saturated heterocycles. The van der Waals surface area contributed by atoms with Gasteiger partial charge in [0.25, 0.3) is 0 Å². The van der Waals surface area contributed by atoms with E-state index in [1.54, 1.807) is 7.11 Å². The first-order chi connectivity index (χ1) is 25.5. The number of rotatable bonds is 18. The average molecular weight is 695 g/mol. The van der Waals surface area contributed by atoms with Gasteiger partial charge >= 0.3 is 0 Å². The van der Waals surface area contributed by atoms with Gasteiger partial charge in [0.15, 0.2) is 11.5 Å². The molecule has 0 amide bonds. The van der Waals surface area contributed by atoms with Crippen molar-refractivity contribution in [1.29, 1.82) is 0 Å². The topological polar surface area (TPSA) is 92.2 Å². The van der Waals surface area contributed by atoms with Gasteiger partial charge < -0.3 is 35.1 Å². The summed E-state index contributed by atoms with van der Waals surface area (Å²) in [5.41, 5.74) is 3.90. The molecule has 0 saturated carbocycles. The van der Waals surface area contributed by atoms with Crippen molar-refractivity contribution in [1.82, 2.24) is 10.6 Å². The van der Waals surface area contributed by atoms with Crippen molar-refractivity contribution in [2.75, 3.05) is 20.2 Å². The van der Waals surface area contributed by atoms with Crippen molar-refractivity contribution < 1.29 is 24.4 Å². The van der Waals surface area contributed by atoms with Crippen molar-refractivity contribution in [3.05, 3.63) is 197 Å². The van der Waals surface area contributed by atoms with Crippen molar-refractivity contribution >= 4 is 0 Å². The Balaban J connectivity index is 1.27. The summed E-state index contributed by atoms with van der Waals surface area (Å²) in [7, 11) is 1.60. The van der Waals surface area contributed by atoms with Crippen LogP contribution in [0, 0.1) is 0 Å². The Labute approximate surface area is 306 Å². The van der Waals surface area contributed by atoms with E-state index in [2.05, 4.69) is 22.8 Å². The number of aliphatic hydroxyl groups excluding tert-OH is 1. The van der Waals surface area contributed by atoms with Gasteiger partial charge in [0.2, 0.25) is 0 Å². The molecular formula is C45H46N2O5. The normalized spacial score (nSPS) is 13.4. The zero-order valence-electron chi connectivity index (χ0n) is 29.4. The number of methoxy groups -OCH3 is 1. The van der Waals surface area contributed by atoms with E-state index in [0.29, 0.717) is 48.1 Å². The highest BCUT2D eigenvalue weighted by atomic mass is 16.5. The van der Waals surface area contributed by atoms with Crippen LogP contribution in [-0.4, -0.2) is 30.4 Å². The highest BCUT2D eigenvalue weighted by molar-refractivity contribution is 5.46. The largest absolute Gasteiger partial charge is 0.493 e. The van der Waals surface area contributed by atoms with E-state index in [4.69, 9.17) is 14.2 Å². The lowest BCUT2D eigenvalue weighted by Gasteiger charge is -2.39. The van der Waals surface area contributed by atoms with Gasteiger partial charge in [-0.05, 0) is 57.6 Å². The van der Waals surface area contributed by atoms with E-state index < -0.39 is 17.7 Å². The minimum atomic E-state index is -1.50. The SMILES string of the molecule is COc1cc(C(O)(CNCc2ccccc2)C(NCC(O)c2cccc(OCc3ccccc3)c2)c2ccccc2)ccc1OCc1ccccc1. The Hall–Kier alpha value is -5.44. The molecule has 0 fully saturated rings. The molecule has 0 heterocycles. The van der Waals surface area contributed by atoms with Crippen LogP contribution in [0.3, 0.4) is 0 Å². The third kappa shape index (κ3) is 9.66. The predicted octanol–water partition coefficient (Wildman–Crippen LogP) is 7.90. The van der Waals surface area contributed by atoms with Gasteiger partial charge in [0, 0.05) is 19.6 Å². The highest BCUT2D eigenvalue weighted by Gasteiger charge is 2.40. The lowest BCUT2D eigenvalue weighted by Crippen LogP contribution is -2.49. The van der Waals surface area contributed by atoms with Gasteiger partial charge in [-0.2, -0.15) is 0 Å². The van der Waals surface area contributed by atoms with Gasteiger partial charge in [0.05, 0.1) is 19.3 Å². The molecule has 6 aromatic carbocycles. The molecule has 0 bridgehead atoms. The summed E-state index contributed by atoms with van der Waals surface area (Å²) in [5.74, 6) is 1.75. The number of aliphatic hydroxyl groups is 2. The fourth-order valence-electron chi connectivity index (χ4n) is 6.26. The fourth-order valence-corrected chi connectivity index (χ4v) is 6.26. The Morgan fingerprint density at radius 3 is 1.81 bits per heavy atom. The van der Waals surface area contributed by atoms with Crippen LogP contribution < -0.4 is 24.8 Å². The van der Waals surface area contributed by atoms with Crippen LogP contribution in [0.5, 0.6) is 17.2 Å². The van der Waals surface area contributed by atoms with Crippen LogP contribution in [-0.2, 0) is 25.4 Å². The summed E-state index contributed by atoms with van der Waals surface area (Å²) < 4.78 is 18.0. The van der Waals surface area contributed by atoms with Crippen LogP contribution in [0.4, 0.5) is 0 Å². The molecule has 0 radical (unpaired) electrons. The molecule has 0 aliphatic heterocycles. The number of hydrogen-bond acceptors (Lipinski definition) is 7. The van der Waals surface area contributed by atoms with Crippen LogP contribution in [0.25, 0.3) is 0 Å². The molecule has 4 N–H and O–H groups in total. The van der Waals surface area contributed by atoms with Crippen LogP contribution in [0.15, 0.2) is 164 Å². The monoisotopic (exact) mass is 694 g/mol. The van der Waals surface area contributed by atoms with Gasteiger partial charge in [-0.1, -0.05) is 140 Å². The van der Waals surface area contributed by atoms with Crippen molar-refractivity contribution in [2.45, 2.75) is 37.5 Å². The fraction of sp³-hybridized carbons (Fsp3) is 0.200. The third-order valence-corrected chi connectivity index (χ3v) is 9.08. The third-order valence-electron chi connectivity index (χ3n) is 9.08. The van der Waals surface area contributed by atoms with E-state index in [-0.39, 0.29) is 13.1 Å². The highest BCUT2D eigenvalue weighted by Crippen LogP contribution is 2.40. The molecule has 0 aliphatic rings. The lowest BCUT2D eigenvalue weighted by molar-refractivity contribution is -0.00845. The van der Waals surface area contributed by atoms with Crippen LogP contribution in [0.2, 0.25) is 0 Å². The molecule has 3 atom stereocenters. The maximum absolute atomic E-state index is 13.0. The van der Waals surface area contributed by atoms with Gasteiger partial charge in [-0.15, -0.1) is 0 Å². The molecule has 52 heavy (non-hydrogen) atoms. The second-order valence-electron chi connectivity index (χ2n) is 12.8. The molecular weight excluding hydrogens is 649 g/mol. The summed E-state index contributed by atoms with van der Waals surface area (Å²) in [6, 6.07) is 52.3. The zero-order chi connectivity index (χ0) is 36.0. The second kappa shape index (κ2) is 18.2. The lowest BCUT2D eigenvalue weighted by atomic mass is 9.81. The maximum atomic E-state index is 13.0. The Morgan fingerprint density at radius 2 is 1.17 bits per heavy atom. The van der Waals surface area contributed by atoms with Gasteiger partial charge in [-0.25, -0.2) is 0 Å². The predicted molar refractivity (Wildman–Crippen MR) is 205 cm³/mol. The van der Waals surface area contributed by atoms with E-state index in [1.165, 1.54) is 0 Å². The van der Waals surface area contributed by atoms with E-state index in [9.17, 15) is 10.2 Å². The zero-order valence-corrected chi connectivity index (χ0v) is 29.4. The standard InChI is InChI=1S/C45H46N2O5/c1-50-43-28-39(25-26-42(43)52-32-36-19-10-4-11-20-36)45(49,33-46-29-34-15-6-2-7-16-34)44(37-21-12-5-13-22-37)47-30-41(48)38-23-14-24-40(27-38)51-31-35-17-8-3-9-18-35/h2-28,41,44,46-49H,29-33H2,1H3. The molecule has 7 nitrogen and oxygen atoms in total. The summed E-state index contributed by atoms with van der Waals surface area (Å²) >= 11 is 0. The molecule has 266 valence electrons. The average Bonchev–Trinajstić information content (AvgIpc) is 3.21. The summed E-state index contributed by atoms with van der Waals surface area (Å²) in [4.78, 5) is 0. The molecule has 0 spiro atoms. The molecule has 7 heteroatoms. The first-order valence-electron chi connectivity index (χ1n) is 17.6. The van der Waals surface area contributed by atoms with Gasteiger partial charge in [0.1, 0.15) is 24.6 Å². The number of ether oxygens (including phenoxy) is 3. The van der Waals surface area contributed by atoms with Gasteiger partial charge in [-0.3, -0.25) is 0 Å². The van der Waals surface area contributed by atoms with E-state index in [1.807, 2.05) is 152 Å². The Morgan fingerprint density at radius 1 is 0.596 bits per heavy atom. The smallest absolute Gasteiger partial charge is 0.161 e. The molecule has 3 unspecified atom stereocenters. The number of nitrogens with one attached hydrogen (secondary N) is 2. The minimum Gasteiger partial charge on any atom is -0.493 e. The molecule has 6 rings (SSSR count). The Kier molecular flexibility index (Phi) is 12.7. The van der Waals surface area contributed by atoms with Crippen LogP contribution in [0.1, 0.15) is 45.5 Å². The van der Waals surface area contributed by atoms with Crippen molar-refractivity contribution in [2.24, 2.45) is 0 Å². The second-order valence-corrected chi connectivity index (χ2v) is 12.8. The minimum absolute atomic E-state index is 0.165. The van der Waals surface area contributed by atoms with E-state index in [0.717, 1.165) is 22.3 Å². The summed E-state index contributed by atoms with van der Waals surface area (Å²) in [6.45, 7) is 1.72. The summed E-state index contributed by atoms with van der Waals surface area (Å²) in [6.07, 6.45) is -0.878. The molecule has 0 aliphatic carbocycles. The van der Waals surface area contributed by atoms with Crippen LogP contribution >= 0.6 is 0 Å². The molecule has 6 aromatic rings. The van der Waals surface area contributed by atoms with E-state index >= 15 is 0 Å². The first-order valence-corrected chi connectivity index (χ1v) is 17.6. The summed E-state index contributed by atoms with van der Waals surface area (Å²) in [5, 5.41) is 31.5. The number of benzene rings is 6. The first kappa shape index (κ1) is 36.4. The molecule has 0 aromatic heterocycles. The maximum Gasteiger partial charge on any atom is 0.161 e. The number of hydrogen-bond donors (Lipinski definition) is 4.